The van der Waals surface area contributed by atoms with E-state index in [2.05, 4.69) is 12.9 Å². The zero-order valence-corrected chi connectivity index (χ0v) is 14.7. The fraction of sp³-hybridized carbons (Fsp3) is 0. The molecule has 83 valence electrons. The molecular weight excluding hydrogens is 574 g/mol. The third-order valence-corrected chi connectivity index (χ3v) is 5.57. The van der Waals surface area contributed by atoms with Gasteiger partial charge in [0.05, 0.1) is 0 Å². The van der Waals surface area contributed by atoms with E-state index in [0.717, 1.165) is 0 Å². The molecule has 9 nitrogen and oxygen atoms in total. The summed E-state index contributed by atoms with van der Waals surface area (Å²) < 4.78 is 41.6. The Morgan fingerprint density at radius 2 is 0.857 bits per heavy atom. The van der Waals surface area contributed by atoms with Gasteiger partial charge in [0.25, 0.3) is 0 Å². The third-order valence-electron chi connectivity index (χ3n) is 0.619. The molecule has 14 heteroatoms. The van der Waals surface area contributed by atoms with Crippen molar-refractivity contribution in [2.24, 2.45) is 0 Å². The van der Waals surface area contributed by atoms with Gasteiger partial charge < -0.3 is 14.7 Å². The molecule has 1 aliphatic heterocycles. The van der Waals surface area contributed by atoms with E-state index < -0.39 is 23.5 Å². The maximum atomic E-state index is 10.4. The molecule has 1 fully saturated rings. The fourth-order valence-corrected chi connectivity index (χ4v) is 4.73. The Labute approximate surface area is 115 Å². The van der Waals surface area contributed by atoms with Gasteiger partial charge in [0, 0.05) is 51.2 Å². The van der Waals surface area contributed by atoms with E-state index in [0.29, 0.717) is 0 Å². The van der Waals surface area contributed by atoms with Crippen molar-refractivity contribution in [2.45, 2.75) is 0 Å². The molecule has 3 N–H and O–H groups in total. The van der Waals surface area contributed by atoms with Gasteiger partial charge in [0.1, 0.15) is 0 Å². The Morgan fingerprint density at radius 3 is 1.00 bits per heavy atom. The van der Waals surface area contributed by atoms with Gasteiger partial charge in [-0.2, -0.15) is 12.9 Å². The molecule has 0 spiro atoms. The first kappa shape index (κ1) is 18.5. The van der Waals surface area contributed by atoms with E-state index in [1.807, 2.05) is 0 Å². The first-order chi connectivity index (χ1) is 5.12. The zero-order chi connectivity index (χ0) is 9.62. The molecule has 1 rings (SSSR count). The van der Waals surface area contributed by atoms with Gasteiger partial charge >= 0.3 is 23.5 Å². The largest absolute Gasteiger partial charge is 0.490 e. The van der Waals surface area contributed by atoms with E-state index in [9.17, 15) is 13.7 Å². The van der Waals surface area contributed by atoms with Gasteiger partial charge in [-0.15, -0.1) is 0 Å². The summed E-state index contributed by atoms with van der Waals surface area (Å²) in [5, 5.41) is 0. The van der Waals surface area contributed by atoms with Crippen molar-refractivity contribution in [1.29, 1.82) is 0 Å². The normalized spacial score (nSPS) is 47.4. The van der Waals surface area contributed by atoms with Crippen molar-refractivity contribution >= 4 is 23.5 Å². The van der Waals surface area contributed by atoms with Crippen molar-refractivity contribution in [3.63, 3.8) is 0 Å². The summed E-state index contributed by atoms with van der Waals surface area (Å²) >= 11 is 0. The van der Waals surface area contributed by atoms with E-state index in [4.69, 9.17) is 14.7 Å². The predicted molar refractivity (Wildman–Crippen MR) is 32.7 cm³/mol. The minimum atomic E-state index is -4.98. The summed E-state index contributed by atoms with van der Waals surface area (Å²) in [7, 11) is -14.9. The number of phosphoric acid groups is 3. The molecule has 0 bridgehead atoms. The molecule has 0 aromatic carbocycles. The second-order valence-corrected chi connectivity index (χ2v) is 6.42. The second kappa shape index (κ2) is 5.66. The summed E-state index contributed by atoms with van der Waals surface area (Å²) in [6, 6.07) is 0. The Balaban J connectivity index is 0. The Morgan fingerprint density at radius 1 is 0.714 bits per heavy atom. The van der Waals surface area contributed by atoms with E-state index in [1.165, 1.54) is 0 Å². The van der Waals surface area contributed by atoms with Crippen LogP contribution < -0.4 is 0 Å². The van der Waals surface area contributed by atoms with Gasteiger partial charge in [-0.1, -0.05) is 0 Å². The maximum absolute atomic E-state index is 10.4. The molecule has 1 radical (unpaired) electrons. The average molecular weight is 577 g/mol. The van der Waals surface area contributed by atoms with E-state index in [-0.39, 0.29) is 51.2 Å². The molecule has 0 unspecified atom stereocenters. The van der Waals surface area contributed by atoms with Crippen LogP contribution in [0.3, 0.4) is 0 Å². The molecule has 14 heavy (non-hydrogen) atoms. The molecule has 0 saturated carbocycles. The summed E-state index contributed by atoms with van der Waals surface area (Å²) in [6.45, 7) is 0. The van der Waals surface area contributed by atoms with Crippen molar-refractivity contribution in [1.82, 2.24) is 0 Å². The molecule has 1 heterocycles. The van der Waals surface area contributed by atoms with Crippen molar-refractivity contribution in [2.75, 3.05) is 0 Å². The summed E-state index contributed by atoms with van der Waals surface area (Å²) in [6.07, 6.45) is 0. The van der Waals surface area contributed by atoms with Crippen LogP contribution in [0, 0.1) is 31.1 Å². The molecule has 1 aliphatic rings. The van der Waals surface area contributed by atoms with Crippen LogP contribution in [0.2, 0.25) is 0 Å². The van der Waals surface area contributed by atoms with Crippen LogP contribution in [0.15, 0.2) is 0 Å². The minimum absolute atomic E-state index is 0. The molecular formula is H3O9P3TcU. The smallest absolute Gasteiger partial charge is 0.302 e. The molecule has 0 amide bonds. The van der Waals surface area contributed by atoms with Gasteiger partial charge in [0.15, 0.2) is 0 Å². The van der Waals surface area contributed by atoms with Crippen LogP contribution >= 0.6 is 23.5 Å². The molecule has 0 aliphatic carbocycles. The van der Waals surface area contributed by atoms with Crippen molar-refractivity contribution in [3.8, 4) is 0 Å². The van der Waals surface area contributed by atoms with Crippen LogP contribution in [-0.4, -0.2) is 14.7 Å². The zero-order valence-electron chi connectivity index (χ0n) is 6.01. The van der Waals surface area contributed by atoms with Crippen LogP contribution in [0.1, 0.15) is 0 Å². The van der Waals surface area contributed by atoms with Crippen LogP contribution in [0.25, 0.3) is 0 Å². The van der Waals surface area contributed by atoms with Crippen LogP contribution in [0.5, 0.6) is 0 Å². The van der Waals surface area contributed by atoms with Gasteiger partial charge in [-0.3, -0.25) is 0 Å². The monoisotopic (exact) mass is 577 g/mol. The Bertz CT molecular complexity index is 265. The maximum Gasteiger partial charge on any atom is 0.490 e. The second-order valence-electron chi connectivity index (χ2n) is 1.65. The van der Waals surface area contributed by atoms with Crippen molar-refractivity contribution in [3.05, 3.63) is 0 Å². The van der Waals surface area contributed by atoms with Gasteiger partial charge in [0.2, 0.25) is 0 Å². The third kappa shape index (κ3) is 6.03. The van der Waals surface area contributed by atoms with Crippen molar-refractivity contribution < 1.29 is 92.5 Å². The molecule has 1 saturated heterocycles. The SMILES string of the molecule is O=P1(O)OP(=O)(O)OP(=O)(O)O1.[99Tc].[U]. The molecule has 0 aromatic heterocycles. The first-order valence-corrected chi connectivity index (χ1v) is 6.73. The summed E-state index contributed by atoms with van der Waals surface area (Å²) in [4.78, 5) is 25.2. The summed E-state index contributed by atoms with van der Waals surface area (Å²) in [5.74, 6) is 0. The number of hydrogen-bond acceptors (Lipinski definition) is 6. The van der Waals surface area contributed by atoms with Crippen LogP contribution in [-0.2, 0) is 46.7 Å². The molecule has 0 aromatic rings. The number of rotatable bonds is 0. The van der Waals surface area contributed by atoms with Gasteiger partial charge in [-0.05, 0) is 0 Å². The minimum Gasteiger partial charge on any atom is -0.302 e. The predicted octanol–water partition coefficient (Wildman–Crippen LogP) is 0.348. The first-order valence-electron chi connectivity index (χ1n) is 2.24. The quantitative estimate of drug-likeness (QED) is 0.349. The topological polar surface area (TPSA) is 140 Å². The number of hydrogen-bond donors (Lipinski definition) is 3. The van der Waals surface area contributed by atoms with E-state index in [1.54, 1.807) is 0 Å². The van der Waals surface area contributed by atoms with Crippen LogP contribution in [0.4, 0.5) is 0 Å². The molecule has 0 atom stereocenters. The Kier molecular flexibility index (Phi) is 7.49. The van der Waals surface area contributed by atoms with Gasteiger partial charge in [-0.25, -0.2) is 13.7 Å². The Hall–Kier alpha value is 2.15. The standard InChI is InChI=1S/H3O9P3.Tc.U/c1-10(2)7-11(3,4)9-12(5,6)8-10;;/h(H,1,2)(H,3,4)(H,5,6);;/i;1+1;. The average Bonchev–Trinajstić information content (AvgIpc) is 1.44. The fourth-order valence-electron chi connectivity index (χ4n) is 0.436. The summed E-state index contributed by atoms with van der Waals surface area (Å²) in [5.41, 5.74) is 0. The van der Waals surface area contributed by atoms with E-state index >= 15 is 0 Å².